The summed E-state index contributed by atoms with van der Waals surface area (Å²) in [7, 11) is 0. The van der Waals surface area contributed by atoms with Gasteiger partial charge in [-0.1, -0.05) is 48.5 Å². The Balaban J connectivity index is 1.32. The smallest absolute Gasteiger partial charge is 0.407 e. The fourth-order valence-electron chi connectivity index (χ4n) is 4.91. The summed E-state index contributed by atoms with van der Waals surface area (Å²) in [4.78, 5) is 37.4. The maximum Gasteiger partial charge on any atom is 0.407 e. The first-order valence-corrected chi connectivity index (χ1v) is 11.1. The van der Waals surface area contributed by atoms with Crippen molar-refractivity contribution in [1.29, 1.82) is 0 Å². The zero-order valence-electron chi connectivity index (χ0n) is 18.1. The zero-order chi connectivity index (χ0) is 22.7. The van der Waals surface area contributed by atoms with E-state index in [1.807, 2.05) is 24.3 Å². The van der Waals surface area contributed by atoms with Gasteiger partial charge in [0.25, 0.3) is 0 Å². The van der Waals surface area contributed by atoms with Gasteiger partial charge in [-0.3, -0.25) is 9.59 Å². The van der Waals surface area contributed by atoms with Crippen LogP contribution in [0.3, 0.4) is 0 Å². The Kier molecular flexibility index (Phi) is 6.44. The highest BCUT2D eigenvalue weighted by Crippen LogP contribution is 2.44. The van der Waals surface area contributed by atoms with Gasteiger partial charge in [-0.05, 0) is 48.4 Å². The van der Waals surface area contributed by atoms with Gasteiger partial charge in [0.15, 0.2) is 0 Å². The summed E-state index contributed by atoms with van der Waals surface area (Å²) in [5, 5.41) is 11.9. The number of aliphatic carboxylic acids is 1. The van der Waals surface area contributed by atoms with E-state index in [2.05, 4.69) is 29.6 Å². The highest BCUT2D eigenvalue weighted by atomic mass is 16.5. The van der Waals surface area contributed by atoms with Crippen molar-refractivity contribution in [1.82, 2.24) is 10.2 Å². The number of likely N-dealkylation sites (N-methyl/N-ethyl adjacent to an activating group) is 1. The number of fused-ring (bicyclic) bond motifs is 3. The van der Waals surface area contributed by atoms with Gasteiger partial charge < -0.3 is 20.1 Å². The quantitative estimate of drug-likeness (QED) is 0.691. The molecule has 4 rings (SSSR count). The molecule has 0 aliphatic heterocycles. The number of alkyl carbamates (subject to hydrolysis) is 1. The normalized spacial score (nSPS) is 19.2. The Labute approximate surface area is 187 Å². The third kappa shape index (κ3) is 4.47. The molecule has 2 unspecified atom stereocenters. The first-order valence-electron chi connectivity index (χ1n) is 11.1. The van der Waals surface area contributed by atoms with Crippen LogP contribution in [0.4, 0.5) is 4.79 Å². The predicted molar refractivity (Wildman–Crippen MR) is 119 cm³/mol. The van der Waals surface area contributed by atoms with Crippen molar-refractivity contribution in [3.63, 3.8) is 0 Å². The van der Waals surface area contributed by atoms with Crippen LogP contribution in [-0.2, 0) is 14.3 Å². The maximum atomic E-state index is 12.6. The molecule has 2 amide bonds. The summed E-state index contributed by atoms with van der Waals surface area (Å²) in [6.45, 7) is 2.07. The lowest BCUT2D eigenvalue weighted by Crippen LogP contribution is -2.40. The number of carboxylic acids is 1. The highest BCUT2D eigenvalue weighted by Gasteiger charge is 2.34. The zero-order valence-corrected chi connectivity index (χ0v) is 18.1. The molecule has 2 aliphatic rings. The van der Waals surface area contributed by atoms with E-state index in [0.29, 0.717) is 25.8 Å². The Morgan fingerprint density at radius 2 is 1.66 bits per heavy atom. The largest absolute Gasteiger partial charge is 0.480 e. The molecule has 2 atom stereocenters. The van der Waals surface area contributed by atoms with E-state index in [0.717, 1.165) is 11.1 Å². The molecule has 1 saturated carbocycles. The van der Waals surface area contributed by atoms with Crippen molar-refractivity contribution < 1.29 is 24.2 Å². The Bertz CT molecular complexity index is 975. The van der Waals surface area contributed by atoms with Crippen molar-refractivity contribution in [3.05, 3.63) is 59.7 Å². The van der Waals surface area contributed by atoms with Crippen molar-refractivity contribution in [2.75, 3.05) is 19.7 Å². The lowest BCUT2D eigenvalue weighted by atomic mass is 9.98. The number of nitrogens with zero attached hydrogens (tertiary/aromatic N) is 1. The van der Waals surface area contributed by atoms with Gasteiger partial charge >= 0.3 is 12.1 Å². The number of carboxylic acid groups (broad SMARTS) is 1. The van der Waals surface area contributed by atoms with E-state index in [4.69, 9.17) is 9.84 Å². The van der Waals surface area contributed by atoms with Crippen LogP contribution in [0.1, 0.15) is 43.2 Å². The van der Waals surface area contributed by atoms with E-state index < -0.39 is 12.1 Å². The molecule has 0 bridgehead atoms. The van der Waals surface area contributed by atoms with E-state index in [9.17, 15) is 14.4 Å². The fourth-order valence-corrected chi connectivity index (χ4v) is 4.91. The third-order valence-electron chi connectivity index (χ3n) is 6.47. The van der Waals surface area contributed by atoms with E-state index in [1.54, 1.807) is 6.92 Å². The fraction of sp³-hybridized carbons (Fsp3) is 0.400. The molecule has 32 heavy (non-hydrogen) atoms. The van der Waals surface area contributed by atoms with Crippen molar-refractivity contribution >= 4 is 18.0 Å². The number of hydrogen-bond acceptors (Lipinski definition) is 4. The first-order chi connectivity index (χ1) is 15.5. The van der Waals surface area contributed by atoms with Crippen LogP contribution >= 0.6 is 0 Å². The second-order valence-electron chi connectivity index (χ2n) is 8.42. The Hall–Kier alpha value is -3.35. The number of amides is 2. The van der Waals surface area contributed by atoms with E-state index in [-0.39, 0.29) is 36.9 Å². The molecule has 7 nitrogen and oxygen atoms in total. The van der Waals surface area contributed by atoms with Crippen molar-refractivity contribution in [2.24, 2.45) is 5.92 Å². The van der Waals surface area contributed by atoms with Crippen LogP contribution in [0.5, 0.6) is 0 Å². The molecule has 2 aliphatic carbocycles. The maximum absolute atomic E-state index is 12.6. The number of carbonyl (C=O) groups excluding carboxylic acids is 2. The summed E-state index contributed by atoms with van der Waals surface area (Å²) in [5.41, 5.74) is 4.67. The van der Waals surface area contributed by atoms with Gasteiger partial charge in [-0.2, -0.15) is 0 Å². The molecule has 0 radical (unpaired) electrons. The molecular formula is C25H28N2O5. The van der Waals surface area contributed by atoms with Gasteiger partial charge in [0, 0.05) is 24.4 Å². The second kappa shape index (κ2) is 9.42. The number of carbonyl (C=O) groups is 3. The number of nitrogens with one attached hydrogen (secondary N) is 1. The minimum Gasteiger partial charge on any atom is -0.480 e. The topological polar surface area (TPSA) is 95.9 Å². The summed E-state index contributed by atoms with van der Waals surface area (Å²) in [6.07, 6.45) is 1.32. The molecule has 0 saturated heterocycles. The van der Waals surface area contributed by atoms with Crippen LogP contribution in [0.25, 0.3) is 11.1 Å². The van der Waals surface area contributed by atoms with Gasteiger partial charge in [0.05, 0.1) is 0 Å². The van der Waals surface area contributed by atoms with Crippen LogP contribution in [-0.4, -0.2) is 53.7 Å². The van der Waals surface area contributed by atoms with Gasteiger partial charge in [-0.15, -0.1) is 0 Å². The van der Waals surface area contributed by atoms with Crippen LogP contribution < -0.4 is 5.32 Å². The monoisotopic (exact) mass is 436 g/mol. The van der Waals surface area contributed by atoms with E-state index >= 15 is 0 Å². The van der Waals surface area contributed by atoms with Gasteiger partial charge in [0.2, 0.25) is 5.91 Å². The molecule has 2 N–H and O–H groups in total. The van der Waals surface area contributed by atoms with Gasteiger partial charge in [-0.25, -0.2) is 4.79 Å². The van der Waals surface area contributed by atoms with Crippen LogP contribution in [0, 0.1) is 5.92 Å². The third-order valence-corrected chi connectivity index (χ3v) is 6.47. The Morgan fingerprint density at radius 1 is 1.03 bits per heavy atom. The summed E-state index contributed by atoms with van der Waals surface area (Å²) < 4.78 is 5.60. The summed E-state index contributed by atoms with van der Waals surface area (Å²) in [5.74, 6) is -1.45. The number of ether oxygens (including phenoxy) is 1. The average Bonchev–Trinajstić information content (AvgIpc) is 3.38. The van der Waals surface area contributed by atoms with Crippen molar-refractivity contribution in [3.8, 4) is 11.1 Å². The molecule has 0 aromatic heterocycles. The molecule has 0 spiro atoms. The molecule has 1 fully saturated rings. The molecular weight excluding hydrogens is 408 g/mol. The minimum atomic E-state index is -1.02. The number of hydrogen-bond donors (Lipinski definition) is 2. The lowest BCUT2D eigenvalue weighted by Gasteiger charge is -2.22. The molecule has 7 heteroatoms. The Morgan fingerprint density at radius 3 is 2.25 bits per heavy atom. The first kappa shape index (κ1) is 21.9. The molecule has 168 valence electrons. The SMILES string of the molecule is CCN(CC(=O)O)C(=O)C1CCC(NC(=O)OCC2c3ccccc3-c3ccccc32)C1. The van der Waals surface area contributed by atoms with E-state index in [1.165, 1.54) is 16.0 Å². The number of rotatable bonds is 7. The van der Waals surface area contributed by atoms with Gasteiger partial charge in [0.1, 0.15) is 13.2 Å². The van der Waals surface area contributed by atoms with Crippen LogP contribution in [0.15, 0.2) is 48.5 Å². The number of benzene rings is 2. The molecule has 2 aromatic carbocycles. The average molecular weight is 437 g/mol. The second-order valence-corrected chi connectivity index (χ2v) is 8.42. The predicted octanol–water partition coefficient (Wildman–Crippen LogP) is 3.63. The molecule has 0 heterocycles. The minimum absolute atomic E-state index is 0.000172. The highest BCUT2D eigenvalue weighted by molar-refractivity contribution is 5.83. The van der Waals surface area contributed by atoms with Crippen LogP contribution in [0.2, 0.25) is 0 Å². The summed E-state index contributed by atoms with van der Waals surface area (Å²) >= 11 is 0. The summed E-state index contributed by atoms with van der Waals surface area (Å²) in [6, 6.07) is 16.2. The molecule has 2 aromatic rings. The van der Waals surface area contributed by atoms with Crippen molar-refractivity contribution in [2.45, 2.75) is 38.1 Å². The lowest BCUT2D eigenvalue weighted by molar-refractivity contribution is -0.146. The standard InChI is InChI=1S/C25H28N2O5/c1-2-27(14-23(28)29)24(30)16-11-12-17(13-16)26-25(31)32-15-22-20-9-5-3-7-18(20)19-8-4-6-10-21(19)22/h3-10,16-17,22H,2,11-15H2,1H3,(H,26,31)(H,28,29).